The molecule has 0 bridgehead atoms. The van der Waals surface area contributed by atoms with Gasteiger partial charge in [0.25, 0.3) is 0 Å². The van der Waals surface area contributed by atoms with Gasteiger partial charge in [0.15, 0.2) is 0 Å². The lowest BCUT2D eigenvalue weighted by Crippen LogP contribution is -2.30. The molecule has 3 heteroatoms. The molecule has 0 heterocycles. The van der Waals surface area contributed by atoms with Gasteiger partial charge in [0.1, 0.15) is 5.75 Å². The minimum absolute atomic E-state index is 0.533. The van der Waals surface area contributed by atoms with Gasteiger partial charge in [-0.3, -0.25) is 0 Å². The average molecular weight is 279 g/mol. The van der Waals surface area contributed by atoms with Gasteiger partial charge in [-0.05, 0) is 49.4 Å². The quantitative estimate of drug-likeness (QED) is 0.667. The second-order valence-corrected chi connectivity index (χ2v) is 5.62. The molecule has 0 radical (unpaired) electrons. The van der Waals surface area contributed by atoms with E-state index in [4.69, 9.17) is 9.47 Å². The summed E-state index contributed by atoms with van der Waals surface area (Å²) in [7, 11) is 3.49. The summed E-state index contributed by atoms with van der Waals surface area (Å²) in [4.78, 5) is 0. The Morgan fingerprint density at radius 1 is 1.20 bits per heavy atom. The largest absolute Gasteiger partial charge is 0.497 e. The normalized spacial score (nSPS) is 12.7. The highest BCUT2D eigenvalue weighted by molar-refractivity contribution is 5.28. The second-order valence-electron chi connectivity index (χ2n) is 5.62. The van der Waals surface area contributed by atoms with E-state index in [1.807, 2.05) is 6.07 Å². The maximum atomic E-state index is 5.30. The van der Waals surface area contributed by atoms with Crippen molar-refractivity contribution in [3.05, 3.63) is 29.8 Å². The van der Waals surface area contributed by atoms with Crippen LogP contribution in [0.2, 0.25) is 0 Å². The number of hydrogen-bond donors (Lipinski definition) is 1. The fraction of sp³-hybridized carbons (Fsp3) is 0.647. The lowest BCUT2D eigenvalue weighted by molar-refractivity contribution is 0.186. The number of nitrogens with one attached hydrogen (secondary N) is 1. The van der Waals surface area contributed by atoms with Crippen molar-refractivity contribution in [1.82, 2.24) is 5.32 Å². The summed E-state index contributed by atoms with van der Waals surface area (Å²) in [5, 5.41) is 3.55. The number of hydrogen-bond acceptors (Lipinski definition) is 3. The summed E-state index contributed by atoms with van der Waals surface area (Å²) in [6.07, 6.45) is 3.39. The van der Waals surface area contributed by atoms with Crippen molar-refractivity contribution >= 4 is 0 Å². The van der Waals surface area contributed by atoms with Gasteiger partial charge in [-0.2, -0.15) is 0 Å². The molecule has 0 aliphatic carbocycles. The van der Waals surface area contributed by atoms with Gasteiger partial charge in [-0.15, -0.1) is 0 Å². The van der Waals surface area contributed by atoms with Crippen LogP contribution in [0, 0.1) is 5.92 Å². The third-order valence-corrected chi connectivity index (χ3v) is 3.43. The molecule has 0 saturated carbocycles. The molecule has 1 aromatic carbocycles. The molecule has 0 saturated heterocycles. The number of methoxy groups -OCH3 is 2. The monoisotopic (exact) mass is 279 g/mol. The lowest BCUT2D eigenvalue weighted by atomic mass is 9.94. The van der Waals surface area contributed by atoms with E-state index in [-0.39, 0.29) is 0 Å². The van der Waals surface area contributed by atoms with Crippen LogP contribution in [0.25, 0.3) is 0 Å². The summed E-state index contributed by atoms with van der Waals surface area (Å²) in [6.45, 7) is 6.28. The molecule has 0 aromatic heterocycles. The molecule has 114 valence electrons. The van der Waals surface area contributed by atoms with E-state index in [1.165, 1.54) is 12.0 Å². The number of ether oxygens (including phenoxy) is 2. The number of rotatable bonds is 10. The summed E-state index contributed by atoms with van der Waals surface area (Å²) in [5.41, 5.74) is 1.34. The highest BCUT2D eigenvalue weighted by Crippen LogP contribution is 2.18. The third kappa shape index (κ3) is 6.92. The molecule has 0 aliphatic heterocycles. The third-order valence-electron chi connectivity index (χ3n) is 3.43. The van der Waals surface area contributed by atoms with Gasteiger partial charge in [-0.25, -0.2) is 0 Å². The zero-order valence-electron chi connectivity index (χ0n) is 13.3. The first-order valence-electron chi connectivity index (χ1n) is 7.51. The Morgan fingerprint density at radius 3 is 2.65 bits per heavy atom. The topological polar surface area (TPSA) is 30.5 Å². The van der Waals surface area contributed by atoms with Crippen LogP contribution in [0.4, 0.5) is 0 Å². The van der Waals surface area contributed by atoms with Gasteiger partial charge in [-0.1, -0.05) is 26.0 Å². The lowest BCUT2D eigenvalue weighted by Gasteiger charge is -2.19. The van der Waals surface area contributed by atoms with E-state index in [2.05, 4.69) is 37.4 Å². The van der Waals surface area contributed by atoms with Crippen LogP contribution in [0.5, 0.6) is 5.75 Å². The minimum atomic E-state index is 0.533. The predicted molar refractivity (Wildman–Crippen MR) is 84.4 cm³/mol. The summed E-state index contributed by atoms with van der Waals surface area (Å²) >= 11 is 0. The summed E-state index contributed by atoms with van der Waals surface area (Å²) in [5.74, 6) is 1.58. The van der Waals surface area contributed by atoms with Crippen LogP contribution in [-0.4, -0.2) is 33.4 Å². The Labute approximate surface area is 123 Å². The molecule has 20 heavy (non-hydrogen) atoms. The van der Waals surface area contributed by atoms with Crippen molar-refractivity contribution in [3.63, 3.8) is 0 Å². The van der Waals surface area contributed by atoms with Crippen molar-refractivity contribution in [3.8, 4) is 5.75 Å². The van der Waals surface area contributed by atoms with Gasteiger partial charge < -0.3 is 14.8 Å². The van der Waals surface area contributed by atoms with E-state index in [0.717, 1.165) is 31.7 Å². The molecule has 1 N–H and O–H groups in total. The van der Waals surface area contributed by atoms with E-state index in [9.17, 15) is 0 Å². The maximum Gasteiger partial charge on any atom is 0.119 e. The van der Waals surface area contributed by atoms with Crippen molar-refractivity contribution < 1.29 is 9.47 Å². The standard InChI is InChI=1S/C17H29NO2/c1-14(2)18-13-16(8-6-10-19-3)11-15-7-5-9-17(12-15)20-4/h5,7,9,12,14,16,18H,6,8,10-11,13H2,1-4H3. The highest BCUT2D eigenvalue weighted by atomic mass is 16.5. The summed E-state index contributed by atoms with van der Waals surface area (Å²) in [6, 6.07) is 8.91. The molecule has 1 aromatic rings. The Kier molecular flexibility index (Phi) is 8.31. The van der Waals surface area contributed by atoms with E-state index < -0.39 is 0 Å². The smallest absolute Gasteiger partial charge is 0.119 e. The van der Waals surface area contributed by atoms with Crippen LogP contribution in [0.1, 0.15) is 32.3 Å². The Balaban J connectivity index is 2.56. The van der Waals surface area contributed by atoms with Gasteiger partial charge in [0.05, 0.1) is 7.11 Å². The van der Waals surface area contributed by atoms with Crippen LogP contribution < -0.4 is 10.1 Å². The fourth-order valence-corrected chi connectivity index (χ4v) is 2.33. The molecule has 0 fully saturated rings. The van der Waals surface area contributed by atoms with Crippen molar-refractivity contribution in [2.75, 3.05) is 27.4 Å². The predicted octanol–water partition coefficient (Wildman–Crippen LogP) is 3.28. The van der Waals surface area contributed by atoms with Gasteiger partial charge in [0, 0.05) is 19.8 Å². The highest BCUT2D eigenvalue weighted by Gasteiger charge is 2.11. The summed E-state index contributed by atoms with van der Waals surface area (Å²) < 4.78 is 10.5. The SMILES string of the molecule is COCCCC(CNC(C)C)Cc1cccc(OC)c1. The number of benzene rings is 1. The van der Waals surface area contributed by atoms with Gasteiger partial charge >= 0.3 is 0 Å². The zero-order valence-corrected chi connectivity index (χ0v) is 13.3. The van der Waals surface area contributed by atoms with E-state index in [0.29, 0.717) is 12.0 Å². The molecule has 0 aliphatic rings. The molecule has 0 spiro atoms. The van der Waals surface area contributed by atoms with Crippen molar-refractivity contribution in [2.24, 2.45) is 5.92 Å². The van der Waals surface area contributed by atoms with E-state index >= 15 is 0 Å². The Morgan fingerprint density at radius 2 is 2.00 bits per heavy atom. The van der Waals surface area contributed by atoms with Crippen LogP contribution in [0.15, 0.2) is 24.3 Å². The molecule has 1 atom stereocenters. The van der Waals surface area contributed by atoms with Gasteiger partial charge in [0.2, 0.25) is 0 Å². The zero-order chi connectivity index (χ0) is 14.8. The maximum absolute atomic E-state index is 5.30. The Hall–Kier alpha value is -1.06. The molecular weight excluding hydrogens is 250 g/mol. The van der Waals surface area contributed by atoms with Crippen LogP contribution in [-0.2, 0) is 11.2 Å². The first-order valence-corrected chi connectivity index (χ1v) is 7.51. The molecule has 1 rings (SSSR count). The van der Waals surface area contributed by atoms with Crippen LogP contribution >= 0.6 is 0 Å². The van der Waals surface area contributed by atoms with E-state index in [1.54, 1.807) is 14.2 Å². The molecule has 3 nitrogen and oxygen atoms in total. The average Bonchev–Trinajstić information content (AvgIpc) is 2.45. The minimum Gasteiger partial charge on any atom is -0.497 e. The first kappa shape index (κ1) is 17.0. The van der Waals surface area contributed by atoms with Crippen molar-refractivity contribution in [2.45, 2.75) is 39.2 Å². The first-order chi connectivity index (χ1) is 9.65. The second kappa shape index (κ2) is 9.78. The van der Waals surface area contributed by atoms with Crippen LogP contribution in [0.3, 0.4) is 0 Å². The molecule has 1 unspecified atom stereocenters. The molecular formula is C17H29NO2. The fourth-order valence-electron chi connectivity index (χ4n) is 2.33. The van der Waals surface area contributed by atoms with Crippen molar-refractivity contribution in [1.29, 1.82) is 0 Å². The molecule has 0 amide bonds. The Bertz CT molecular complexity index is 366.